The van der Waals surface area contributed by atoms with Crippen molar-refractivity contribution in [3.05, 3.63) is 29.3 Å². The number of benzene rings is 1. The average Bonchev–Trinajstić information content (AvgIpc) is 3.36. The highest BCUT2D eigenvalue weighted by Crippen LogP contribution is 2.36. The lowest BCUT2D eigenvalue weighted by Crippen LogP contribution is -2.52. The van der Waals surface area contributed by atoms with Crippen LogP contribution in [0.4, 0.5) is 0 Å². The van der Waals surface area contributed by atoms with Crippen LogP contribution in [0, 0.1) is 5.92 Å². The van der Waals surface area contributed by atoms with Gasteiger partial charge in [-0.3, -0.25) is 19.7 Å². The molecule has 3 fully saturated rings. The van der Waals surface area contributed by atoms with Crippen LogP contribution in [0.5, 0.6) is 5.75 Å². The number of rotatable bonds is 8. The molecule has 2 aliphatic carbocycles. The molecule has 4 atom stereocenters. The Labute approximate surface area is 200 Å². The number of carbonyl (C=O) groups excluding carboxylic acids is 3. The van der Waals surface area contributed by atoms with Crippen LogP contribution in [-0.4, -0.2) is 60.1 Å². The number of imide groups is 1. The van der Waals surface area contributed by atoms with Gasteiger partial charge in [-0.2, -0.15) is 0 Å². The lowest BCUT2D eigenvalue weighted by atomic mass is 9.76. The van der Waals surface area contributed by atoms with Crippen molar-refractivity contribution in [2.45, 2.75) is 95.2 Å². The van der Waals surface area contributed by atoms with Crippen LogP contribution in [0.2, 0.25) is 0 Å². The van der Waals surface area contributed by atoms with E-state index in [9.17, 15) is 14.4 Å². The Morgan fingerprint density at radius 2 is 2.00 bits per heavy atom. The van der Waals surface area contributed by atoms with E-state index in [0.29, 0.717) is 42.6 Å². The molecule has 0 spiro atoms. The number of hydrogen-bond acceptors (Lipinski definition) is 6. The smallest absolute Gasteiger partial charge is 0.255 e. The number of methoxy groups -OCH3 is 1. The monoisotopic (exact) mass is 469 g/mol. The van der Waals surface area contributed by atoms with Gasteiger partial charge < -0.3 is 19.7 Å². The van der Waals surface area contributed by atoms with Crippen molar-refractivity contribution in [2.24, 2.45) is 5.92 Å². The standard InChI is InChI=1S/C26H35N3O5/c1-3-20(15-11-18(12-15)33-2)27-21-5-4-6-23(21)34-17-7-8-19-16(13-17)14-29(26(19)32)22-9-10-24(30)28-25(22)31/h7-8,13,15,18,20-23,27H,3-6,9-12,14H2,1-2H3,(H,28,30,31)/t15?,18?,20-,21-,22?,23-/m1/s1. The summed E-state index contributed by atoms with van der Waals surface area (Å²) in [4.78, 5) is 38.3. The highest BCUT2D eigenvalue weighted by molar-refractivity contribution is 6.05. The number of nitrogens with one attached hydrogen (secondary N) is 2. The van der Waals surface area contributed by atoms with Crippen LogP contribution in [0.1, 0.15) is 74.2 Å². The number of ether oxygens (including phenoxy) is 2. The molecule has 0 aromatic heterocycles. The van der Waals surface area contributed by atoms with Gasteiger partial charge in [-0.25, -0.2) is 0 Å². The van der Waals surface area contributed by atoms with Crippen molar-refractivity contribution in [3.8, 4) is 5.75 Å². The minimum atomic E-state index is -0.597. The van der Waals surface area contributed by atoms with Crippen molar-refractivity contribution in [2.75, 3.05) is 7.11 Å². The molecule has 1 unspecified atom stereocenters. The fourth-order valence-electron chi connectivity index (χ4n) is 6.05. The third-order valence-electron chi connectivity index (χ3n) is 8.14. The van der Waals surface area contributed by atoms with Crippen LogP contribution in [0.15, 0.2) is 18.2 Å². The predicted molar refractivity (Wildman–Crippen MR) is 125 cm³/mol. The first kappa shape index (κ1) is 23.3. The van der Waals surface area contributed by atoms with Gasteiger partial charge in [0.05, 0.1) is 6.10 Å². The summed E-state index contributed by atoms with van der Waals surface area (Å²) in [6, 6.07) is 5.83. The van der Waals surface area contributed by atoms with Crippen molar-refractivity contribution < 1.29 is 23.9 Å². The highest BCUT2D eigenvalue weighted by atomic mass is 16.5. The predicted octanol–water partition coefficient (Wildman–Crippen LogP) is 2.54. The Morgan fingerprint density at radius 3 is 2.74 bits per heavy atom. The average molecular weight is 470 g/mol. The van der Waals surface area contributed by atoms with E-state index in [1.807, 2.05) is 18.2 Å². The summed E-state index contributed by atoms with van der Waals surface area (Å²) in [6.07, 6.45) is 7.75. The zero-order chi connectivity index (χ0) is 23.8. The van der Waals surface area contributed by atoms with Gasteiger partial charge in [0.1, 0.15) is 17.9 Å². The Kier molecular flexibility index (Phi) is 6.62. The van der Waals surface area contributed by atoms with Gasteiger partial charge in [-0.1, -0.05) is 6.92 Å². The minimum absolute atomic E-state index is 0.105. The molecular formula is C26H35N3O5. The summed E-state index contributed by atoms with van der Waals surface area (Å²) in [7, 11) is 1.80. The molecule has 184 valence electrons. The summed E-state index contributed by atoms with van der Waals surface area (Å²) in [6.45, 7) is 2.61. The highest BCUT2D eigenvalue weighted by Gasteiger charge is 2.40. The van der Waals surface area contributed by atoms with Crippen LogP contribution < -0.4 is 15.4 Å². The number of fused-ring (bicyclic) bond motifs is 1. The van der Waals surface area contributed by atoms with E-state index in [4.69, 9.17) is 9.47 Å². The molecule has 34 heavy (non-hydrogen) atoms. The molecule has 0 radical (unpaired) electrons. The molecule has 5 rings (SSSR count). The van der Waals surface area contributed by atoms with E-state index in [-0.39, 0.29) is 30.2 Å². The lowest BCUT2D eigenvalue weighted by Gasteiger charge is -2.41. The van der Waals surface area contributed by atoms with Gasteiger partial charge in [-0.05, 0) is 74.6 Å². The fourth-order valence-corrected chi connectivity index (χ4v) is 6.05. The van der Waals surface area contributed by atoms with Gasteiger partial charge in [0.25, 0.3) is 5.91 Å². The molecule has 1 aromatic rings. The summed E-state index contributed by atoms with van der Waals surface area (Å²) >= 11 is 0. The Balaban J connectivity index is 1.22. The Hall–Kier alpha value is -2.45. The van der Waals surface area contributed by atoms with Gasteiger partial charge in [0.15, 0.2) is 0 Å². The molecule has 4 aliphatic rings. The van der Waals surface area contributed by atoms with E-state index in [1.54, 1.807) is 12.0 Å². The van der Waals surface area contributed by atoms with Gasteiger partial charge in [0, 0.05) is 37.7 Å². The second-order valence-electron chi connectivity index (χ2n) is 10.2. The quantitative estimate of drug-likeness (QED) is 0.568. The van der Waals surface area contributed by atoms with Crippen molar-refractivity contribution in [1.82, 2.24) is 15.5 Å². The van der Waals surface area contributed by atoms with E-state index < -0.39 is 6.04 Å². The second-order valence-corrected chi connectivity index (χ2v) is 10.2. The zero-order valence-corrected chi connectivity index (χ0v) is 20.0. The minimum Gasteiger partial charge on any atom is -0.489 e. The first-order valence-corrected chi connectivity index (χ1v) is 12.7. The van der Waals surface area contributed by atoms with Crippen LogP contribution in [-0.2, 0) is 20.9 Å². The summed E-state index contributed by atoms with van der Waals surface area (Å²) < 4.78 is 11.9. The number of amides is 3. The lowest BCUT2D eigenvalue weighted by molar-refractivity contribution is -0.136. The maximum atomic E-state index is 12.9. The second kappa shape index (κ2) is 9.66. The Morgan fingerprint density at radius 1 is 1.18 bits per heavy atom. The zero-order valence-electron chi connectivity index (χ0n) is 20.0. The van der Waals surface area contributed by atoms with Crippen LogP contribution in [0.25, 0.3) is 0 Å². The van der Waals surface area contributed by atoms with Crippen molar-refractivity contribution >= 4 is 17.7 Å². The molecular weight excluding hydrogens is 434 g/mol. The molecule has 0 bridgehead atoms. The van der Waals surface area contributed by atoms with E-state index in [2.05, 4.69) is 17.6 Å². The van der Waals surface area contributed by atoms with Crippen LogP contribution >= 0.6 is 0 Å². The first-order chi connectivity index (χ1) is 16.5. The normalized spacial score (nSPS) is 31.8. The van der Waals surface area contributed by atoms with E-state index in [0.717, 1.165) is 49.8 Å². The maximum Gasteiger partial charge on any atom is 0.255 e. The molecule has 1 saturated heterocycles. The molecule has 8 heteroatoms. The molecule has 2 heterocycles. The van der Waals surface area contributed by atoms with Crippen LogP contribution in [0.3, 0.4) is 0 Å². The third kappa shape index (κ3) is 4.45. The van der Waals surface area contributed by atoms with Crippen molar-refractivity contribution in [1.29, 1.82) is 0 Å². The molecule has 2 aliphatic heterocycles. The molecule has 2 N–H and O–H groups in total. The summed E-state index contributed by atoms with van der Waals surface area (Å²) in [5, 5.41) is 6.24. The fraction of sp³-hybridized carbons (Fsp3) is 0.654. The van der Waals surface area contributed by atoms with Gasteiger partial charge in [-0.15, -0.1) is 0 Å². The molecule has 2 saturated carbocycles. The third-order valence-corrected chi connectivity index (χ3v) is 8.14. The maximum absolute atomic E-state index is 12.9. The van der Waals surface area contributed by atoms with E-state index in [1.165, 1.54) is 0 Å². The Bertz CT molecular complexity index is 960. The number of carbonyl (C=O) groups is 3. The SMILES string of the molecule is CC[C@@H](N[C@@H]1CCC[C@H]1Oc1ccc2c(c1)CN(C1CCC(=O)NC1=O)C2=O)C1CC(OC)C1. The molecule has 8 nitrogen and oxygen atoms in total. The number of piperidine rings is 1. The first-order valence-electron chi connectivity index (χ1n) is 12.7. The van der Waals surface area contributed by atoms with Gasteiger partial charge in [0.2, 0.25) is 11.8 Å². The van der Waals surface area contributed by atoms with E-state index >= 15 is 0 Å². The summed E-state index contributed by atoms with van der Waals surface area (Å²) in [5.41, 5.74) is 1.49. The largest absolute Gasteiger partial charge is 0.489 e. The topological polar surface area (TPSA) is 97.0 Å². The number of nitrogens with zero attached hydrogens (tertiary/aromatic N) is 1. The van der Waals surface area contributed by atoms with Gasteiger partial charge >= 0.3 is 0 Å². The number of hydrogen-bond donors (Lipinski definition) is 2. The molecule has 1 aromatic carbocycles. The van der Waals surface area contributed by atoms with Crippen molar-refractivity contribution in [3.63, 3.8) is 0 Å². The summed E-state index contributed by atoms with van der Waals surface area (Å²) in [5.74, 6) is 0.619. The molecule has 3 amide bonds.